The molecule has 0 saturated heterocycles. The topological polar surface area (TPSA) is 62.6 Å². The maximum atomic E-state index is 9.04. The largest absolute Gasteiger partial charge is 0.519 e. The van der Waals surface area contributed by atoms with Gasteiger partial charge in [0.25, 0.3) is 0 Å². The molecule has 0 amide bonds. The third-order valence-corrected chi connectivity index (χ3v) is 3.44. The average Bonchev–Trinajstić information content (AvgIpc) is 2.72. The number of aromatic nitrogens is 1. The van der Waals surface area contributed by atoms with Crippen molar-refractivity contribution in [3.05, 3.63) is 18.2 Å². The Kier molecular flexibility index (Phi) is 3.99. The highest BCUT2D eigenvalue weighted by Gasteiger charge is 2.16. The van der Waals surface area contributed by atoms with Crippen molar-refractivity contribution in [1.29, 1.82) is 0 Å². The van der Waals surface area contributed by atoms with Gasteiger partial charge in [-0.3, -0.25) is 0 Å². The Morgan fingerprint density at radius 2 is 2.24 bits per heavy atom. The van der Waals surface area contributed by atoms with Gasteiger partial charge >= 0.3 is 7.12 Å². The minimum absolute atomic E-state index is 0.311. The lowest BCUT2D eigenvalue weighted by molar-refractivity contribution is 0.310. The van der Waals surface area contributed by atoms with Crippen molar-refractivity contribution in [3.8, 4) is 5.75 Å². The van der Waals surface area contributed by atoms with Crippen LogP contribution in [0.3, 0.4) is 0 Å². The van der Waals surface area contributed by atoms with Crippen LogP contribution in [0.15, 0.2) is 18.2 Å². The van der Waals surface area contributed by atoms with E-state index < -0.39 is 7.12 Å². The predicted molar refractivity (Wildman–Crippen MR) is 69.8 cm³/mol. The molecule has 1 heterocycles. The summed E-state index contributed by atoms with van der Waals surface area (Å²) in [6.45, 7) is 2.81. The highest BCUT2D eigenvalue weighted by Crippen LogP contribution is 2.22. The van der Waals surface area contributed by atoms with E-state index in [2.05, 4.69) is 11.9 Å². The van der Waals surface area contributed by atoms with Gasteiger partial charge in [0.05, 0.1) is 16.8 Å². The fourth-order valence-corrected chi connectivity index (χ4v) is 2.28. The number of hydrogen-bond donors (Lipinski definition) is 2. The Balaban J connectivity index is 2.18. The number of unbranched alkanes of at least 4 members (excludes halogenated alkanes) is 1. The second kappa shape index (κ2) is 5.49. The maximum Gasteiger partial charge on any atom is 0.519 e. The summed E-state index contributed by atoms with van der Waals surface area (Å²) in [6, 6.07) is 5.59. The van der Waals surface area contributed by atoms with E-state index in [-0.39, 0.29) is 0 Å². The van der Waals surface area contributed by atoms with Crippen molar-refractivity contribution in [2.75, 3.05) is 6.61 Å². The molecule has 6 heteroatoms. The number of fused-ring (bicyclic) bond motifs is 1. The van der Waals surface area contributed by atoms with Crippen molar-refractivity contribution in [2.45, 2.75) is 19.8 Å². The summed E-state index contributed by atoms with van der Waals surface area (Å²) in [7, 11) is -1.50. The summed E-state index contributed by atoms with van der Waals surface area (Å²) < 4.78 is 6.49. The normalized spacial score (nSPS) is 10.8. The van der Waals surface area contributed by atoms with Crippen molar-refractivity contribution in [3.63, 3.8) is 0 Å². The van der Waals surface area contributed by atoms with E-state index in [1.165, 1.54) is 11.3 Å². The first-order chi connectivity index (χ1) is 8.20. The van der Waals surface area contributed by atoms with Crippen LogP contribution < -0.4 is 9.64 Å². The average molecular weight is 251 g/mol. The molecule has 1 aromatic carbocycles. The van der Waals surface area contributed by atoms with Gasteiger partial charge in [-0.1, -0.05) is 13.3 Å². The standard InChI is InChI=1S/C11H14BNO3S/c1-2-3-6-16-8-4-5-10-9(7-8)13-11(17-10)12(14)15/h4-5,7,14-15H,2-3,6H2,1H3. The Morgan fingerprint density at radius 3 is 2.94 bits per heavy atom. The third kappa shape index (κ3) is 2.97. The Morgan fingerprint density at radius 1 is 1.41 bits per heavy atom. The Bertz CT molecular complexity index is 500. The quantitative estimate of drug-likeness (QED) is 0.618. The number of benzene rings is 1. The van der Waals surface area contributed by atoms with Gasteiger partial charge in [-0.15, -0.1) is 11.3 Å². The minimum Gasteiger partial charge on any atom is -0.494 e. The zero-order valence-corrected chi connectivity index (χ0v) is 10.4. The Labute approximate surface area is 104 Å². The number of ether oxygens (including phenoxy) is 1. The molecule has 2 aromatic rings. The summed E-state index contributed by atoms with van der Waals surface area (Å²) in [5.41, 5.74) is 0.743. The van der Waals surface area contributed by atoms with Gasteiger partial charge in [-0.05, 0) is 18.6 Å². The van der Waals surface area contributed by atoms with Crippen LogP contribution in [0.1, 0.15) is 19.8 Å². The van der Waals surface area contributed by atoms with Crippen molar-refractivity contribution < 1.29 is 14.8 Å². The molecular weight excluding hydrogens is 237 g/mol. The molecule has 0 bridgehead atoms. The van der Waals surface area contributed by atoms with E-state index in [0.29, 0.717) is 11.5 Å². The van der Waals surface area contributed by atoms with Crippen molar-refractivity contribution in [1.82, 2.24) is 4.98 Å². The van der Waals surface area contributed by atoms with Crippen LogP contribution in [0.4, 0.5) is 0 Å². The van der Waals surface area contributed by atoms with Gasteiger partial charge in [0, 0.05) is 6.07 Å². The van der Waals surface area contributed by atoms with Crippen LogP contribution >= 0.6 is 11.3 Å². The first kappa shape index (κ1) is 12.4. The number of thiazole rings is 1. The van der Waals surface area contributed by atoms with E-state index in [1.807, 2.05) is 18.2 Å². The van der Waals surface area contributed by atoms with E-state index in [1.54, 1.807) is 0 Å². The fraction of sp³-hybridized carbons (Fsp3) is 0.364. The second-order valence-corrected chi connectivity index (χ2v) is 4.82. The van der Waals surface area contributed by atoms with Crippen molar-refractivity contribution >= 4 is 33.6 Å². The summed E-state index contributed by atoms with van der Waals surface area (Å²) in [5.74, 6) is 0.773. The monoisotopic (exact) mass is 251 g/mol. The van der Waals surface area contributed by atoms with Gasteiger partial charge < -0.3 is 14.8 Å². The van der Waals surface area contributed by atoms with E-state index in [0.717, 1.165) is 28.8 Å². The third-order valence-electron chi connectivity index (χ3n) is 2.36. The number of nitrogens with zero attached hydrogens (tertiary/aromatic N) is 1. The first-order valence-electron chi connectivity index (χ1n) is 5.60. The molecular formula is C11H14BNO3S. The SMILES string of the molecule is CCCCOc1ccc2sc(B(O)O)nc2c1. The number of rotatable bonds is 5. The molecule has 0 saturated carbocycles. The van der Waals surface area contributed by atoms with E-state index in [4.69, 9.17) is 14.8 Å². The number of hydrogen-bond acceptors (Lipinski definition) is 5. The van der Waals surface area contributed by atoms with E-state index in [9.17, 15) is 0 Å². The molecule has 2 N–H and O–H groups in total. The summed E-state index contributed by atoms with van der Waals surface area (Å²) in [6.07, 6.45) is 2.12. The van der Waals surface area contributed by atoms with Gasteiger partial charge in [-0.2, -0.15) is 0 Å². The molecule has 0 atom stereocenters. The summed E-state index contributed by atoms with van der Waals surface area (Å²) in [5, 5.41) is 18.1. The highest BCUT2D eigenvalue weighted by molar-refractivity contribution is 7.27. The lowest BCUT2D eigenvalue weighted by atomic mass is 9.94. The van der Waals surface area contributed by atoms with Gasteiger partial charge in [0.1, 0.15) is 10.7 Å². The van der Waals surface area contributed by atoms with Gasteiger partial charge in [0.15, 0.2) is 0 Å². The van der Waals surface area contributed by atoms with Crippen LogP contribution in [0.2, 0.25) is 0 Å². The van der Waals surface area contributed by atoms with Crippen LogP contribution in [-0.2, 0) is 0 Å². The van der Waals surface area contributed by atoms with Crippen LogP contribution in [0, 0.1) is 0 Å². The van der Waals surface area contributed by atoms with Gasteiger partial charge in [0.2, 0.25) is 0 Å². The molecule has 0 aliphatic heterocycles. The Hall–Kier alpha value is -1.11. The molecule has 0 unspecified atom stereocenters. The van der Waals surface area contributed by atoms with Gasteiger partial charge in [-0.25, -0.2) is 4.98 Å². The molecule has 90 valence electrons. The lowest BCUT2D eigenvalue weighted by Crippen LogP contribution is -2.28. The second-order valence-electron chi connectivity index (χ2n) is 3.76. The molecule has 0 aliphatic carbocycles. The molecule has 2 rings (SSSR count). The maximum absolute atomic E-state index is 9.04. The highest BCUT2D eigenvalue weighted by atomic mass is 32.1. The fourth-order valence-electron chi connectivity index (χ4n) is 1.46. The zero-order valence-electron chi connectivity index (χ0n) is 9.59. The molecule has 17 heavy (non-hydrogen) atoms. The van der Waals surface area contributed by atoms with Crippen LogP contribution in [-0.4, -0.2) is 28.8 Å². The minimum atomic E-state index is -1.50. The summed E-state index contributed by atoms with van der Waals surface area (Å²) in [4.78, 5) is 4.45. The van der Waals surface area contributed by atoms with Crippen LogP contribution in [0.25, 0.3) is 10.2 Å². The molecule has 0 radical (unpaired) electrons. The molecule has 1 aromatic heterocycles. The first-order valence-corrected chi connectivity index (χ1v) is 6.41. The molecule has 0 fully saturated rings. The predicted octanol–water partition coefficient (Wildman–Crippen LogP) is 1.15. The van der Waals surface area contributed by atoms with E-state index >= 15 is 0 Å². The summed E-state index contributed by atoms with van der Waals surface area (Å²) >= 11 is 1.28. The van der Waals surface area contributed by atoms with Crippen molar-refractivity contribution in [2.24, 2.45) is 0 Å². The van der Waals surface area contributed by atoms with Crippen LogP contribution in [0.5, 0.6) is 5.75 Å². The molecule has 0 spiro atoms. The lowest BCUT2D eigenvalue weighted by Gasteiger charge is -2.04. The zero-order chi connectivity index (χ0) is 12.3. The molecule has 0 aliphatic rings. The molecule has 4 nitrogen and oxygen atoms in total. The smallest absolute Gasteiger partial charge is 0.494 e.